The number of para-hydroxylation sites is 1. The number of nitrogens with one attached hydrogen (secondary N) is 1. The standard InChI is InChI=1S/C18H12Cl2FNO3/c19-14-2-1-3-15(20)17(14)22-18(23)16-9-8-13(25-16)10-24-12-6-4-11(21)5-7-12/h1-9H,10H2,(H,22,23). The van der Waals surface area contributed by atoms with Crippen molar-refractivity contribution in [3.05, 3.63) is 82.0 Å². The van der Waals surface area contributed by atoms with Gasteiger partial charge >= 0.3 is 0 Å². The Balaban J connectivity index is 1.64. The lowest BCUT2D eigenvalue weighted by Gasteiger charge is -2.07. The zero-order valence-corrected chi connectivity index (χ0v) is 14.3. The quantitative estimate of drug-likeness (QED) is 0.631. The number of rotatable bonds is 5. The first-order chi connectivity index (χ1) is 12.0. The van der Waals surface area contributed by atoms with Gasteiger partial charge in [0.1, 0.15) is 23.9 Å². The molecule has 3 aromatic rings. The number of ether oxygens (including phenoxy) is 1. The smallest absolute Gasteiger partial charge is 0.291 e. The van der Waals surface area contributed by atoms with Gasteiger partial charge in [0.2, 0.25) is 0 Å². The molecule has 1 aromatic heterocycles. The molecular formula is C18H12Cl2FNO3. The highest BCUT2D eigenvalue weighted by atomic mass is 35.5. The minimum atomic E-state index is -0.483. The Morgan fingerprint density at radius 1 is 1.04 bits per heavy atom. The van der Waals surface area contributed by atoms with Crippen molar-refractivity contribution in [3.8, 4) is 5.75 Å². The molecule has 4 nitrogen and oxygen atoms in total. The van der Waals surface area contributed by atoms with Crippen molar-refractivity contribution in [1.29, 1.82) is 0 Å². The lowest BCUT2D eigenvalue weighted by molar-refractivity contribution is 0.0992. The van der Waals surface area contributed by atoms with Gasteiger partial charge in [-0.1, -0.05) is 29.3 Å². The van der Waals surface area contributed by atoms with Crippen LogP contribution in [0.15, 0.2) is 59.0 Å². The minimum Gasteiger partial charge on any atom is -0.486 e. The number of furan rings is 1. The Morgan fingerprint density at radius 3 is 2.40 bits per heavy atom. The van der Waals surface area contributed by atoms with E-state index in [2.05, 4.69) is 5.32 Å². The van der Waals surface area contributed by atoms with Crippen molar-refractivity contribution in [3.63, 3.8) is 0 Å². The van der Waals surface area contributed by atoms with Gasteiger partial charge in [-0.05, 0) is 48.5 Å². The Labute approximate surface area is 153 Å². The molecule has 1 heterocycles. The van der Waals surface area contributed by atoms with E-state index in [0.717, 1.165) is 0 Å². The molecule has 0 bridgehead atoms. The van der Waals surface area contributed by atoms with Crippen LogP contribution in [-0.2, 0) is 6.61 Å². The van der Waals surface area contributed by atoms with Gasteiger partial charge < -0.3 is 14.5 Å². The third kappa shape index (κ3) is 4.32. The maximum Gasteiger partial charge on any atom is 0.291 e. The molecule has 0 aliphatic rings. The van der Waals surface area contributed by atoms with Crippen LogP contribution in [0.25, 0.3) is 0 Å². The summed E-state index contributed by atoms with van der Waals surface area (Å²) in [5.41, 5.74) is 0.316. The zero-order chi connectivity index (χ0) is 17.8. The van der Waals surface area contributed by atoms with Crippen LogP contribution < -0.4 is 10.1 Å². The van der Waals surface area contributed by atoms with E-state index < -0.39 is 5.91 Å². The number of anilines is 1. The monoisotopic (exact) mass is 379 g/mol. The summed E-state index contributed by atoms with van der Waals surface area (Å²) < 4.78 is 23.7. The van der Waals surface area contributed by atoms with Gasteiger partial charge in [-0.3, -0.25) is 4.79 Å². The number of amides is 1. The van der Waals surface area contributed by atoms with Crippen LogP contribution in [0.4, 0.5) is 10.1 Å². The molecule has 0 aliphatic carbocycles. The fourth-order valence-corrected chi connectivity index (χ4v) is 2.55. The zero-order valence-electron chi connectivity index (χ0n) is 12.8. The number of hydrogen-bond acceptors (Lipinski definition) is 3. The van der Waals surface area contributed by atoms with E-state index in [4.69, 9.17) is 32.4 Å². The van der Waals surface area contributed by atoms with E-state index >= 15 is 0 Å². The second-order valence-electron chi connectivity index (χ2n) is 5.06. The third-order valence-corrected chi connectivity index (χ3v) is 3.91. The van der Waals surface area contributed by atoms with E-state index in [1.165, 1.54) is 30.3 Å². The molecule has 0 saturated heterocycles. The molecule has 0 fully saturated rings. The van der Waals surface area contributed by atoms with Crippen LogP contribution in [0, 0.1) is 5.82 Å². The van der Waals surface area contributed by atoms with Gasteiger partial charge in [-0.15, -0.1) is 0 Å². The molecule has 1 amide bonds. The number of carbonyl (C=O) groups is 1. The van der Waals surface area contributed by atoms with Gasteiger partial charge in [-0.2, -0.15) is 0 Å². The van der Waals surface area contributed by atoms with Crippen molar-refractivity contribution in [2.75, 3.05) is 5.32 Å². The molecule has 2 aromatic carbocycles. The summed E-state index contributed by atoms with van der Waals surface area (Å²) in [6, 6.07) is 13.7. The summed E-state index contributed by atoms with van der Waals surface area (Å²) in [6.45, 7) is 0.103. The molecule has 128 valence electrons. The molecule has 0 saturated carbocycles. The Bertz CT molecular complexity index is 873. The molecule has 0 unspecified atom stereocenters. The van der Waals surface area contributed by atoms with Crippen molar-refractivity contribution in [2.45, 2.75) is 6.61 Å². The van der Waals surface area contributed by atoms with Crippen molar-refractivity contribution >= 4 is 34.8 Å². The van der Waals surface area contributed by atoms with Gasteiger partial charge in [-0.25, -0.2) is 4.39 Å². The van der Waals surface area contributed by atoms with E-state index in [9.17, 15) is 9.18 Å². The SMILES string of the molecule is O=C(Nc1c(Cl)cccc1Cl)c1ccc(COc2ccc(F)cc2)o1. The summed E-state index contributed by atoms with van der Waals surface area (Å²) in [5, 5.41) is 3.26. The largest absolute Gasteiger partial charge is 0.486 e. The predicted octanol–water partition coefficient (Wildman–Crippen LogP) is 5.56. The van der Waals surface area contributed by atoms with Crippen molar-refractivity contribution < 1.29 is 18.3 Å². The van der Waals surface area contributed by atoms with Crippen LogP contribution in [-0.4, -0.2) is 5.91 Å². The first-order valence-corrected chi connectivity index (χ1v) is 8.01. The van der Waals surface area contributed by atoms with Gasteiger partial charge in [0.05, 0.1) is 15.7 Å². The van der Waals surface area contributed by atoms with Crippen LogP contribution in [0.1, 0.15) is 16.3 Å². The summed E-state index contributed by atoms with van der Waals surface area (Å²) in [6.07, 6.45) is 0. The number of carbonyl (C=O) groups excluding carboxylic acids is 1. The molecule has 25 heavy (non-hydrogen) atoms. The van der Waals surface area contributed by atoms with Gasteiger partial charge in [0, 0.05) is 0 Å². The van der Waals surface area contributed by atoms with Crippen molar-refractivity contribution in [1.82, 2.24) is 0 Å². The summed E-state index contributed by atoms with van der Waals surface area (Å²) in [7, 11) is 0. The fourth-order valence-electron chi connectivity index (χ4n) is 2.06. The average molecular weight is 380 g/mol. The minimum absolute atomic E-state index is 0.0914. The highest BCUT2D eigenvalue weighted by molar-refractivity contribution is 6.39. The maximum absolute atomic E-state index is 12.8. The van der Waals surface area contributed by atoms with Crippen LogP contribution in [0.2, 0.25) is 10.0 Å². The summed E-state index contributed by atoms with van der Waals surface area (Å²) >= 11 is 12.0. The van der Waals surface area contributed by atoms with E-state index in [0.29, 0.717) is 27.2 Å². The topological polar surface area (TPSA) is 51.5 Å². The first kappa shape index (κ1) is 17.3. The molecule has 7 heteroatoms. The highest BCUT2D eigenvalue weighted by Crippen LogP contribution is 2.30. The molecule has 0 aliphatic heterocycles. The van der Waals surface area contributed by atoms with Crippen LogP contribution >= 0.6 is 23.2 Å². The maximum atomic E-state index is 12.8. The molecule has 0 radical (unpaired) electrons. The third-order valence-electron chi connectivity index (χ3n) is 3.28. The fraction of sp³-hybridized carbons (Fsp3) is 0.0556. The normalized spacial score (nSPS) is 10.5. The highest BCUT2D eigenvalue weighted by Gasteiger charge is 2.15. The second-order valence-corrected chi connectivity index (χ2v) is 5.87. The molecule has 3 rings (SSSR count). The van der Waals surface area contributed by atoms with Crippen molar-refractivity contribution in [2.24, 2.45) is 0 Å². The van der Waals surface area contributed by atoms with Gasteiger partial charge in [0.25, 0.3) is 5.91 Å². The molecule has 0 atom stereocenters. The molecule has 0 spiro atoms. The second kappa shape index (κ2) is 7.59. The van der Waals surface area contributed by atoms with E-state index in [-0.39, 0.29) is 18.2 Å². The van der Waals surface area contributed by atoms with Crippen LogP contribution in [0.3, 0.4) is 0 Å². The number of hydrogen-bond donors (Lipinski definition) is 1. The lowest BCUT2D eigenvalue weighted by atomic mass is 10.3. The Hall–Kier alpha value is -2.50. The van der Waals surface area contributed by atoms with Gasteiger partial charge in [0.15, 0.2) is 5.76 Å². The summed E-state index contributed by atoms with van der Waals surface area (Å²) in [4.78, 5) is 12.2. The molecular weight excluding hydrogens is 368 g/mol. The first-order valence-electron chi connectivity index (χ1n) is 7.25. The predicted molar refractivity (Wildman–Crippen MR) is 93.9 cm³/mol. The van der Waals surface area contributed by atoms with Crippen LogP contribution in [0.5, 0.6) is 5.75 Å². The van der Waals surface area contributed by atoms with E-state index in [1.54, 1.807) is 24.3 Å². The number of halogens is 3. The average Bonchev–Trinajstić information content (AvgIpc) is 3.07. The number of benzene rings is 2. The lowest BCUT2D eigenvalue weighted by Crippen LogP contribution is -2.11. The van der Waals surface area contributed by atoms with E-state index in [1.807, 2.05) is 0 Å². The summed E-state index contributed by atoms with van der Waals surface area (Å²) in [5.74, 6) is 0.200. The Morgan fingerprint density at radius 2 is 1.72 bits per heavy atom. The Kier molecular flexibility index (Phi) is 5.26. The molecule has 1 N–H and O–H groups in total.